The summed E-state index contributed by atoms with van der Waals surface area (Å²) in [5.41, 5.74) is 0. The van der Waals surface area contributed by atoms with Gasteiger partial charge in [0.25, 0.3) is 0 Å². The number of aliphatic hydroxyl groups is 1. The molecule has 0 rings (SSSR count). The summed E-state index contributed by atoms with van der Waals surface area (Å²) in [7, 11) is 1.61. The molecule has 0 aliphatic heterocycles. The van der Waals surface area contributed by atoms with E-state index >= 15 is 0 Å². The fourth-order valence-corrected chi connectivity index (χ4v) is 6.83. The summed E-state index contributed by atoms with van der Waals surface area (Å²) < 4.78 is 23.4. The van der Waals surface area contributed by atoms with Crippen molar-refractivity contribution in [2.75, 3.05) is 40.9 Å². The van der Waals surface area contributed by atoms with Crippen LogP contribution >= 0.6 is 7.82 Å². The molecular formula is C41H84N2O6P+. The summed E-state index contributed by atoms with van der Waals surface area (Å²) in [4.78, 5) is 22.9. The van der Waals surface area contributed by atoms with E-state index in [1.807, 2.05) is 21.1 Å². The molecule has 0 spiro atoms. The van der Waals surface area contributed by atoms with Gasteiger partial charge in [0.2, 0.25) is 5.91 Å². The predicted molar refractivity (Wildman–Crippen MR) is 212 cm³/mol. The third-order valence-electron chi connectivity index (χ3n) is 9.51. The Morgan fingerprint density at radius 2 is 1.08 bits per heavy atom. The molecule has 0 aromatic heterocycles. The van der Waals surface area contributed by atoms with Gasteiger partial charge in [0.1, 0.15) is 13.2 Å². The molecule has 0 saturated carbocycles. The minimum absolute atomic E-state index is 0.0752. The van der Waals surface area contributed by atoms with Crippen LogP contribution in [0, 0.1) is 0 Å². The van der Waals surface area contributed by atoms with Crippen LogP contribution in [0.25, 0.3) is 0 Å². The van der Waals surface area contributed by atoms with Gasteiger partial charge in [-0.15, -0.1) is 0 Å². The number of nitrogens with one attached hydrogen (secondary N) is 1. The summed E-state index contributed by atoms with van der Waals surface area (Å²) in [5, 5.41) is 13.7. The van der Waals surface area contributed by atoms with Crippen molar-refractivity contribution in [3.8, 4) is 0 Å². The van der Waals surface area contributed by atoms with Crippen molar-refractivity contribution < 1.29 is 32.9 Å². The third-order valence-corrected chi connectivity index (χ3v) is 10.5. The molecule has 3 atom stereocenters. The SMILES string of the molecule is CCCCCCCCCC/C=C\CCCCCCCCCCCCCC(=O)NC(COP(=O)(O)OCC[N+](C)(C)C)C(O)CCCCCCC. The molecule has 8 nitrogen and oxygen atoms in total. The summed E-state index contributed by atoms with van der Waals surface area (Å²) in [5.74, 6) is -0.152. The van der Waals surface area contributed by atoms with E-state index in [-0.39, 0.29) is 19.1 Å². The minimum Gasteiger partial charge on any atom is -0.391 e. The van der Waals surface area contributed by atoms with Crippen LogP contribution in [0.1, 0.15) is 194 Å². The van der Waals surface area contributed by atoms with E-state index in [1.54, 1.807) is 0 Å². The Kier molecular flexibility index (Phi) is 33.5. The summed E-state index contributed by atoms with van der Waals surface area (Å²) in [6, 6.07) is -0.753. The predicted octanol–water partition coefficient (Wildman–Crippen LogP) is 11.2. The first-order chi connectivity index (χ1) is 24.0. The standard InChI is InChI=1S/C41H83N2O6P/c1-6-8-10-12-13-14-15-16-17-18-19-20-21-22-23-24-25-26-27-28-29-31-33-35-41(45)42-39(40(44)34-32-30-11-9-7-2)38-49-50(46,47)48-37-36-43(3,4)5/h18-19,39-40,44H,6-17,20-38H2,1-5H3,(H-,42,45,46,47)/p+1/b19-18-. The molecule has 0 radical (unpaired) electrons. The fraction of sp³-hybridized carbons (Fsp3) is 0.927. The van der Waals surface area contributed by atoms with Gasteiger partial charge in [-0.05, 0) is 38.5 Å². The molecule has 0 aliphatic carbocycles. The van der Waals surface area contributed by atoms with E-state index in [0.29, 0.717) is 23.9 Å². The van der Waals surface area contributed by atoms with Crippen LogP contribution in [0.3, 0.4) is 0 Å². The Morgan fingerprint density at radius 1 is 0.660 bits per heavy atom. The lowest BCUT2D eigenvalue weighted by Crippen LogP contribution is -2.46. The van der Waals surface area contributed by atoms with Crippen molar-refractivity contribution in [3.05, 3.63) is 12.2 Å². The van der Waals surface area contributed by atoms with Gasteiger partial charge in [-0.25, -0.2) is 4.57 Å². The molecule has 0 aromatic rings. The Hall–Kier alpha value is -0.760. The summed E-state index contributed by atoms with van der Waals surface area (Å²) in [6.07, 6.45) is 37.1. The van der Waals surface area contributed by atoms with Crippen molar-refractivity contribution in [1.29, 1.82) is 0 Å². The maximum atomic E-state index is 12.8. The zero-order valence-corrected chi connectivity index (χ0v) is 34.5. The highest BCUT2D eigenvalue weighted by molar-refractivity contribution is 7.47. The van der Waals surface area contributed by atoms with Crippen LogP contribution in [0.5, 0.6) is 0 Å². The minimum atomic E-state index is -4.29. The van der Waals surface area contributed by atoms with Gasteiger partial charge >= 0.3 is 7.82 Å². The monoisotopic (exact) mass is 732 g/mol. The van der Waals surface area contributed by atoms with E-state index in [9.17, 15) is 19.4 Å². The quantitative estimate of drug-likeness (QED) is 0.0253. The number of quaternary nitrogens is 1. The number of allylic oxidation sites excluding steroid dienone is 2. The number of unbranched alkanes of at least 4 members (excludes halogenated alkanes) is 23. The molecule has 1 amide bonds. The van der Waals surface area contributed by atoms with E-state index in [4.69, 9.17) is 9.05 Å². The summed E-state index contributed by atoms with van der Waals surface area (Å²) >= 11 is 0. The van der Waals surface area contributed by atoms with E-state index in [0.717, 1.165) is 51.4 Å². The van der Waals surface area contributed by atoms with Gasteiger partial charge in [-0.3, -0.25) is 13.8 Å². The van der Waals surface area contributed by atoms with Crippen molar-refractivity contribution in [1.82, 2.24) is 5.32 Å². The molecule has 0 saturated heterocycles. The van der Waals surface area contributed by atoms with Crippen molar-refractivity contribution in [2.45, 2.75) is 206 Å². The Morgan fingerprint density at radius 3 is 1.54 bits per heavy atom. The average molecular weight is 732 g/mol. The van der Waals surface area contributed by atoms with Crippen LogP contribution in [-0.2, 0) is 18.4 Å². The zero-order chi connectivity index (χ0) is 37.2. The largest absolute Gasteiger partial charge is 0.472 e. The number of amides is 1. The molecule has 0 bridgehead atoms. The highest BCUT2D eigenvalue weighted by atomic mass is 31.2. The third kappa shape index (κ3) is 35.6. The van der Waals surface area contributed by atoms with Crippen LogP contribution in [-0.4, -0.2) is 73.4 Å². The van der Waals surface area contributed by atoms with Crippen molar-refractivity contribution >= 4 is 13.7 Å². The number of carbonyl (C=O) groups excluding carboxylic acids is 1. The lowest BCUT2D eigenvalue weighted by Gasteiger charge is -2.26. The summed E-state index contributed by atoms with van der Waals surface area (Å²) in [6.45, 7) is 4.80. The average Bonchev–Trinajstić information content (AvgIpc) is 3.06. The number of carbonyl (C=O) groups is 1. The number of nitrogens with zero attached hydrogens (tertiary/aromatic N) is 1. The zero-order valence-electron chi connectivity index (χ0n) is 33.7. The topological polar surface area (TPSA) is 105 Å². The second kappa shape index (κ2) is 34.0. The van der Waals surface area contributed by atoms with Crippen LogP contribution < -0.4 is 5.32 Å². The Balaban J connectivity index is 4.02. The maximum absolute atomic E-state index is 12.8. The molecule has 0 aromatic carbocycles. The number of hydrogen-bond acceptors (Lipinski definition) is 5. The number of phosphoric ester groups is 1. The number of rotatable bonds is 38. The van der Waals surface area contributed by atoms with Gasteiger partial charge in [-0.1, -0.05) is 161 Å². The molecule has 9 heteroatoms. The van der Waals surface area contributed by atoms with E-state index < -0.39 is 20.0 Å². The number of hydrogen-bond donors (Lipinski definition) is 3. The van der Waals surface area contributed by atoms with E-state index in [2.05, 4.69) is 31.3 Å². The van der Waals surface area contributed by atoms with Crippen molar-refractivity contribution in [3.63, 3.8) is 0 Å². The molecular weight excluding hydrogens is 647 g/mol. The highest BCUT2D eigenvalue weighted by Gasteiger charge is 2.28. The molecule has 0 heterocycles. The van der Waals surface area contributed by atoms with Crippen molar-refractivity contribution in [2.24, 2.45) is 0 Å². The second-order valence-corrected chi connectivity index (χ2v) is 17.2. The smallest absolute Gasteiger partial charge is 0.391 e. The lowest BCUT2D eigenvalue weighted by atomic mass is 10.0. The first-order valence-corrected chi connectivity index (χ1v) is 22.5. The van der Waals surface area contributed by atoms with Gasteiger partial charge < -0.3 is 19.8 Å². The lowest BCUT2D eigenvalue weighted by molar-refractivity contribution is -0.870. The van der Waals surface area contributed by atoms with Gasteiger partial charge in [0.15, 0.2) is 0 Å². The number of phosphoric acid groups is 1. The molecule has 0 fully saturated rings. The van der Waals surface area contributed by atoms with Gasteiger partial charge in [0, 0.05) is 6.42 Å². The molecule has 3 unspecified atom stereocenters. The Labute approximate surface area is 310 Å². The van der Waals surface area contributed by atoms with Crippen LogP contribution in [0.15, 0.2) is 12.2 Å². The normalized spacial score (nSPS) is 14.6. The number of likely N-dealkylation sites (N-methyl/N-ethyl adjacent to an activating group) is 1. The van der Waals surface area contributed by atoms with Crippen LogP contribution in [0.4, 0.5) is 0 Å². The van der Waals surface area contributed by atoms with E-state index in [1.165, 1.54) is 116 Å². The maximum Gasteiger partial charge on any atom is 0.472 e. The fourth-order valence-electron chi connectivity index (χ4n) is 6.10. The molecule has 298 valence electrons. The van der Waals surface area contributed by atoms with Crippen LogP contribution in [0.2, 0.25) is 0 Å². The first kappa shape index (κ1) is 49.2. The Bertz CT molecular complexity index is 834. The number of aliphatic hydroxyl groups excluding tert-OH is 1. The molecule has 3 N–H and O–H groups in total. The van der Waals surface area contributed by atoms with Gasteiger partial charge in [-0.2, -0.15) is 0 Å². The highest BCUT2D eigenvalue weighted by Crippen LogP contribution is 2.43. The first-order valence-electron chi connectivity index (χ1n) is 21.1. The molecule has 0 aliphatic rings. The molecule has 50 heavy (non-hydrogen) atoms. The second-order valence-electron chi connectivity index (χ2n) is 15.7. The van der Waals surface area contributed by atoms with Gasteiger partial charge in [0.05, 0.1) is 39.9 Å².